The first kappa shape index (κ1) is 9.44. The molecule has 1 atom stereocenters. The maximum Gasteiger partial charge on any atom is 0.0681 e. The van der Waals surface area contributed by atoms with Crippen molar-refractivity contribution in [2.24, 2.45) is 5.92 Å². The maximum absolute atomic E-state index is 9.45. The molecule has 2 aliphatic rings. The minimum absolute atomic E-state index is 0.129. The van der Waals surface area contributed by atoms with Crippen molar-refractivity contribution in [2.75, 3.05) is 20.3 Å². The Morgan fingerprint density at radius 1 is 1.38 bits per heavy atom. The summed E-state index contributed by atoms with van der Waals surface area (Å²) >= 11 is 0. The molecule has 1 unspecified atom stereocenters. The van der Waals surface area contributed by atoms with Crippen LogP contribution in [0.2, 0.25) is 0 Å². The molecule has 2 saturated carbocycles. The Labute approximate surface area is 79.5 Å². The van der Waals surface area contributed by atoms with Gasteiger partial charge in [0.05, 0.1) is 18.8 Å². The lowest BCUT2D eigenvalue weighted by Crippen LogP contribution is -2.55. The van der Waals surface area contributed by atoms with Gasteiger partial charge in [-0.15, -0.1) is 0 Å². The van der Waals surface area contributed by atoms with Gasteiger partial charge in [0.25, 0.3) is 0 Å². The van der Waals surface area contributed by atoms with Gasteiger partial charge in [0.15, 0.2) is 0 Å². The van der Waals surface area contributed by atoms with E-state index in [4.69, 9.17) is 4.74 Å². The van der Waals surface area contributed by atoms with E-state index in [0.29, 0.717) is 18.6 Å². The second-order valence-corrected chi connectivity index (χ2v) is 4.44. The lowest BCUT2D eigenvalue weighted by Gasteiger charge is -2.32. The quantitative estimate of drug-likeness (QED) is 0.634. The zero-order valence-electron chi connectivity index (χ0n) is 8.25. The molecule has 76 valence electrons. The Morgan fingerprint density at radius 3 is 2.46 bits per heavy atom. The average molecular weight is 185 g/mol. The molecule has 2 rings (SSSR count). The largest absolute Gasteiger partial charge is 0.394 e. The van der Waals surface area contributed by atoms with Crippen LogP contribution in [0.3, 0.4) is 0 Å². The van der Waals surface area contributed by atoms with E-state index >= 15 is 0 Å². The van der Waals surface area contributed by atoms with E-state index in [9.17, 15) is 5.11 Å². The highest BCUT2D eigenvalue weighted by atomic mass is 16.5. The summed E-state index contributed by atoms with van der Waals surface area (Å²) in [5.41, 5.74) is -0.129. The molecule has 0 amide bonds. The van der Waals surface area contributed by atoms with E-state index in [1.807, 2.05) is 0 Å². The van der Waals surface area contributed by atoms with Crippen molar-refractivity contribution in [3.8, 4) is 0 Å². The third kappa shape index (κ3) is 2.03. The van der Waals surface area contributed by atoms with Crippen molar-refractivity contribution in [1.82, 2.24) is 5.32 Å². The molecule has 3 nitrogen and oxygen atoms in total. The summed E-state index contributed by atoms with van der Waals surface area (Å²) in [6.07, 6.45) is 5.00. The van der Waals surface area contributed by atoms with Crippen LogP contribution in [-0.4, -0.2) is 37.0 Å². The van der Waals surface area contributed by atoms with Gasteiger partial charge in [0.1, 0.15) is 0 Å². The van der Waals surface area contributed by atoms with E-state index in [1.165, 1.54) is 25.7 Å². The highest BCUT2D eigenvalue weighted by molar-refractivity contribution is 5.04. The fourth-order valence-corrected chi connectivity index (χ4v) is 2.03. The number of ether oxygens (including phenoxy) is 1. The van der Waals surface area contributed by atoms with Crippen LogP contribution in [0.25, 0.3) is 0 Å². The van der Waals surface area contributed by atoms with Crippen LogP contribution in [0, 0.1) is 5.92 Å². The van der Waals surface area contributed by atoms with Gasteiger partial charge < -0.3 is 15.2 Å². The maximum atomic E-state index is 9.45. The molecule has 0 radical (unpaired) electrons. The predicted octanol–water partition coefficient (Wildman–Crippen LogP) is 0.526. The minimum Gasteiger partial charge on any atom is -0.394 e. The normalized spacial score (nSPS) is 27.2. The lowest BCUT2D eigenvalue weighted by molar-refractivity contribution is 0.0468. The van der Waals surface area contributed by atoms with Gasteiger partial charge in [-0.2, -0.15) is 0 Å². The van der Waals surface area contributed by atoms with Crippen molar-refractivity contribution in [1.29, 1.82) is 0 Å². The van der Waals surface area contributed by atoms with E-state index in [-0.39, 0.29) is 12.1 Å². The highest BCUT2D eigenvalue weighted by Gasteiger charge is 2.47. The zero-order valence-corrected chi connectivity index (χ0v) is 8.25. The van der Waals surface area contributed by atoms with E-state index in [1.54, 1.807) is 7.11 Å². The van der Waals surface area contributed by atoms with Gasteiger partial charge in [-0.05, 0) is 31.6 Å². The van der Waals surface area contributed by atoms with Crippen LogP contribution >= 0.6 is 0 Å². The highest BCUT2D eigenvalue weighted by Crippen LogP contribution is 2.41. The van der Waals surface area contributed by atoms with Gasteiger partial charge in [0, 0.05) is 13.2 Å². The second kappa shape index (κ2) is 3.56. The lowest BCUT2D eigenvalue weighted by atomic mass is 9.95. The molecule has 0 aromatic rings. The van der Waals surface area contributed by atoms with Gasteiger partial charge in [0.2, 0.25) is 0 Å². The SMILES string of the molecule is COCC(CO)(NC1CC1)C1CC1. The van der Waals surface area contributed by atoms with Gasteiger partial charge >= 0.3 is 0 Å². The fourth-order valence-electron chi connectivity index (χ4n) is 2.03. The number of aliphatic hydroxyl groups is 1. The molecule has 2 fully saturated rings. The van der Waals surface area contributed by atoms with Gasteiger partial charge in [-0.3, -0.25) is 0 Å². The molecule has 0 aromatic carbocycles. The molecule has 2 aliphatic carbocycles. The number of hydrogen-bond donors (Lipinski definition) is 2. The van der Waals surface area contributed by atoms with Gasteiger partial charge in [-0.1, -0.05) is 0 Å². The summed E-state index contributed by atoms with van der Waals surface area (Å²) in [7, 11) is 1.71. The molecule has 0 spiro atoms. The van der Waals surface area contributed by atoms with E-state index < -0.39 is 0 Å². The summed E-state index contributed by atoms with van der Waals surface area (Å²) in [5.74, 6) is 0.637. The van der Waals surface area contributed by atoms with Crippen molar-refractivity contribution >= 4 is 0 Å². The molecular formula is C10H19NO2. The standard InChI is InChI=1S/C10H19NO2/c1-13-7-10(6-12,8-2-3-8)11-9-4-5-9/h8-9,11-12H,2-7H2,1H3. The van der Waals surface area contributed by atoms with E-state index in [0.717, 1.165) is 0 Å². The van der Waals surface area contributed by atoms with Crippen LogP contribution in [0.4, 0.5) is 0 Å². The molecule has 0 aromatic heterocycles. The smallest absolute Gasteiger partial charge is 0.0681 e. The molecule has 0 aliphatic heterocycles. The molecular weight excluding hydrogens is 166 g/mol. The molecule has 0 bridgehead atoms. The van der Waals surface area contributed by atoms with Crippen LogP contribution < -0.4 is 5.32 Å². The topological polar surface area (TPSA) is 41.5 Å². The van der Waals surface area contributed by atoms with Crippen molar-refractivity contribution < 1.29 is 9.84 Å². The summed E-state index contributed by atoms with van der Waals surface area (Å²) < 4.78 is 5.21. The van der Waals surface area contributed by atoms with Crippen molar-refractivity contribution in [3.63, 3.8) is 0 Å². The zero-order chi connectivity index (χ0) is 9.31. The van der Waals surface area contributed by atoms with Crippen molar-refractivity contribution in [3.05, 3.63) is 0 Å². The molecule has 0 saturated heterocycles. The third-order valence-electron chi connectivity index (χ3n) is 3.11. The first-order valence-corrected chi connectivity index (χ1v) is 5.18. The summed E-state index contributed by atoms with van der Waals surface area (Å²) in [5, 5.41) is 13.0. The monoisotopic (exact) mass is 185 g/mol. The van der Waals surface area contributed by atoms with E-state index in [2.05, 4.69) is 5.32 Å². The molecule has 2 N–H and O–H groups in total. The molecule has 13 heavy (non-hydrogen) atoms. The van der Waals surface area contributed by atoms with Crippen LogP contribution in [0.15, 0.2) is 0 Å². The van der Waals surface area contributed by atoms with Crippen LogP contribution in [-0.2, 0) is 4.74 Å². The Hall–Kier alpha value is -0.120. The molecule has 3 heteroatoms. The van der Waals surface area contributed by atoms with Gasteiger partial charge in [-0.25, -0.2) is 0 Å². The number of aliphatic hydroxyl groups excluding tert-OH is 1. The molecule has 0 heterocycles. The second-order valence-electron chi connectivity index (χ2n) is 4.44. The fraction of sp³-hybridized carbons (Fsp3) is 1.00. The summed E-state index contributed by atoms with van der Waals surface area (Å²) in [6, 6.07) is 0.642. The van der Waals surface area contributed by atoms with Crippen molar-refractivity contribution in [2.45, 2.75) is 37.3 Å². The third-order valence-corrected chi connectivity index (χ3v) is 3.11. The first-order chi connectivity index (χ1) is 6.30. The number of nitrogens with one attached hydrogen (secondary N) is 1. The van der Waals surface area contributed by atoms with Crippen LogP contribution in [0.5, 0.6) is 0 Å². The Balaban J connectivity index is 1.95. The Bertz CT molecular complexity index is 178. The Morgan fingerprint density at radius 2 is 2.08 bits per heavy atom. The number of methoxy groups -OCH3 is 1. The average Bonchev–Trinajstić information content (AvgIpc) is 2.97. The van der Waals surface area contributed by atoms with Crippen LogP contribution in [0.1, 0.15) is 25.7 Å². The minimum atomic E-state index is -0.129. The summed E-state index contributed by atoms with van der Waals surface area (Å²) in [4.78, 5) is 0. The summed E-state index contributed by atoms with van der Waals surface area (Å²) in [6.45, 7) is 0.854. The first-order valence-electron chi connectivity index (χ1n) is 5.18. The number of hydrogen-bond acceptors (Lipinski definition) is 3. The Kier molecular flexibility index (Phi) is 2.58. The predicted molar refractivity (Wildman–Crippen MR) is 50.6 cm³/mol. The number of rotatable bonds is 6.